The largest absolute Gasteiger partial charge is 0.0840 e. The van der Waals surface area contributed by atoms with E-state index in [1.807, 2.05) is 30.3 Å². The van der Waals surface area contributed by atoms with E-state index in [2.05, 4.69) is 22.9 Å². The van der Waals surface area contributed by atoms with Gasteiger partial charge in [-0.15, -0.1) is 0 Å². The van der Waals surface area contributed by atoms with Gasteiger partial charge in [0, 0.05) is 9.51 Å². The van der Waals surface area contributed by atoms with E-state index in [0.29, 0.717) is 0 Å². The minimum atomic E-state index is 0.824. The molecule has 0 radical (unpaired) electrons. The highest BCUT2D eigenvalue weighted by atomic mass is 79.9. The maximum Gasteiger partial charge on any atom is 0.0438 e. The van der Waals surface area contributed by atoms with E-state index >= 15 is 0 Å². The Bertz CT molecular complexity index is 274. The van der Waals surface area contributed by atoms with Crippen molar-refractivity contribution in [2.24, 2.45) is 0 Å². The van der Waals surface area contributed by atoms with E-state index in [1.165, 1.54) is 0 Å². The van der Waals surface area contributed by atoms with Crippen LogP contribution in [0.5, 0.6) is 0 Å². The highest BCUT2D eigenvalue weighted by Crippen LogP contribution is 2.21. The number of allylic oxidation sites excluding steroid dienone is 1. The molecule has 1 aromatic rings. The highest BCUT2D eigenvalue weighted by molar-refractivity contribution is 9.10. The number of hydrogen-bond acceptors (Lipinski definition) is 0. The molecule has 0 nitrogen and oxygen atoms in total. The lowest BCUT2D eigenvalue weighted by Gasteiger charge is -1.98. The number of rotatable bonds is 2. The van der Waals surface area contributed by atoms with Crippen LogP contribution < -0.4 is 0 Å². The minimum absolute atomic E-state index is 0.824. The molecule has 0 saturated heterocycles. The minimum Gasteiger partial charge on any atom is -0.0840 e. The Balaban J connectivity index is 2.89. The van der Waals surface area contributed by atoms with Crippen molar-refractivity contribution in [1.82, 2.24) is 0 Å². The van der Waals surface area contributed by atoms with E-state index in [1.54, 1.807) is 0 Å². The molecule has 0 saturated carbocycles. The first-order chi connectivity index (χ1) is 5.74. The standard InChI is InChI=1S/C10H10BrCl/c1-2-3-10(12)8-4-6-9(11)7-5-8/h3-7H,2H2,1H3/b10-3-. The van der Waals surface area contributed by atoms with Crippen LogP contribution >= 0.6 is 27.5 Å². The van der Waals surface area contributed by atoms with Crippen molar-refractivity contribution in [3.05, 3.63) is 40.4 Å². The van der Waals surface area contributed by atoms with Gasteiger partial charge in [0.25, 0.3) is 0 Å². The Morgan fingerprint density at radius 3 is 2.50 bits per heavy atom. The smallest absolute Gasteiger partial charge is 0.0438 e. The van der Waals surface area contributed by atoms with Crippen LogP contribution in [-0.2, 0) is 0 Å². The third-order valence-corrected chi connectivity index (χ3v) is 2.40. The third-order valence-electron chi connectivity index (χ3n) is 1.50. The van der Waals surface area contributed by atoms with E-state index < -0.39 is 0 Å². The van der Waals surface area contributed by atoms with Gasteiger partial charge in [0.2, 0.25) is 0 Å². The molecule has 0 unspecified atom stereocenters. The van der Waals surface area contributed by atoms with Crippen LogP contribution in [0.4, 0.5) is 0 Å². The van der Waals surface area contributed by atoms with Crippen LogP contribution in [-0.4, -0.2) is 0 Å². The van der Waals surface area contributed by atoms with E-state index in [-0.39, 0.29) is 0 Å². The molecule has 0 aliphatic rings. The van der Waals surface area contributed by atoms with Gasteiger partial charge < -0.3 is 0 Å². The molecule has 0 aliphatic carbocycles. The van der Waals surface area contributed by atoms with Crippen molar-refractivity contribution in [1.29, 1.82) is 0 Å². The molecule has 0 spiro atoms. The van der Waals surface area contributed by atoms with Crippen molar-refractivity contribution in [2.45, 2.75) is 13.3 Å². The summed E-state index contributed by atoms with van der Waals surface area (Å²) in [4.78, 5) is 0. The molecule has 2 heteroatoms. The van der Waals surface area contributed by atoms with Crippen LogP contribution in [0.2, 0.25) is 0 Å². The van der Waals surface area contributed by atoms with Gasteiger partial charge in [0.1, 0.15) is 0 Å². The Morgan fingerprint density at radius 2 is 2.00 bits per heavy atom. The van der Waals surface area contributed by atoms with Crippen LogP contribution in [0, 0.1) is 0 Å². The van der Waals surface area contributed by atoms with Gasteiger partial charge in [-0.2, -0.15) is 0 Å². The van der Waals surface area contributed by atoms with Gasteiger partial charge in [-0.25, -0.2) is 0 Å². The first kappa shape index (κ1) is 9.82. The predicted octanol–water partition coefficient (Wildman–Crippen LogP) is 4.44. The molecule has 0 amide bonds. The summed E-state index contributed by atoms with van der Waals surface area (Å²) in [5.41, 5.74) is 1.07. The maximum absolute atomic E-state index is 6.00. The van der Waals surface area contributed by atoms with E-state index in [4.69, 9.17) is 11.6 Å². The second kappa shape index (κ2) is 4.68. The number of halogens is 2. The van der Waals surface area contributed by atoms with Gasteiger partial charge in [-0.05, 0) is 24.1 Å². The van der Waals surface area contributed by atoms with Crippen molar-refractivity contribution < 1.29 is 0 Å². The summed E-state index contributed by atoms with van der Waals surface area (Å²) < 4.78 is 1.08. The van der Waals surface area contributed by atoms with Crippen LogP contribution in [0.3, 0.4) is 0 Å². The molecule has 0 aliphatic heterocycles. The average Bonchev–Trinajstić information content (AvgIpc) is 2.06. The summed E-state index contributed by atoms with van der Waals surface area (Å²) in [6, 6.07) is 7.97. The van der Waals surface area contributed by atoms with Crippen molar-refractivity contribution >= 4 is 32.6 Å². The topological polar surface area (TPSA) is 0 Å². The fourth-order valence-electron chi connectivity index (χ4n) is 0.906. The molecular weight excluding hydrogens is 235 g/mol. The normalized spacial score (nSPS) is 11.8. The van der Waals surface area contributed by atoms with Gasteiger partial charge in [-0.1, -0.05) is 52.7 Å². The molecule has 0 aromatic heterocycles. The van der Waals surface area contributed by atoms with Crippen molar-refractivity contribution in [3.8, 4) is 0 Å². The van der Waals surface area contributed by atoms with Crippen LogP contribution in [0.25, 0.3) is 5.03 Å². The summed E-state index contributed by atoms with van der Waals surface area (Å²) in [5.74, 6) is 0. The predicted molar refractivity (Wildman–Crippen MR) is 58.3 cm³/mol. The monoisotopic (exact) mass is 244 g/mol. The van der Waals surface area contributed by atoms with Crippen molar-refractivity contribution in [3.63, 3.8) is 0 Å². The summed E-state index contributed by atoms with van der Waals surface area (Å²) >= 11 is 9.38. The summed E-state index contributed by atoms with van der Waals surface area (Å²) in [5, 5.41) is 0.824. The average molecular weight is 246 g/mol. The fraction of sp³-hybridized carbons (Fsp3) is 0.200. The van der Waals surface area contributed by atoms with Gasteiger partial charge in [0.15, 0.2) is 0 Å². The Hall–Kier alpha value is -0.270. The van der Waals surface area contributed by atoms with Gasteiger partial charge >= 0.3 is 0 Å². The molecule has 12 heavy (non-hydrogen) atoms. The summed E-state index contributed by atoms with van der Waals surface area (Å²) in [6.07, 6.45) is 2.97. The van der Waals surface area contributed by atoms with Crippen molar-refractivity contribution in [2.75, 3.05) is 0 Å². The first-order valence-electron chi connectivity index (χ1n) is 3.85. The quantitative estimate of drug-likeness (QED) is 0.723. The fourth-order valence-corrected chi connectivity index (χ4v) is 1.45. The molecule has 0 atom stereocenters. The molecule has 0 bridgehead atoms. The second-order valence-corrected chi connectivity index (χ2v) is 3.79. The van der Waals surface area contributed by atoms with Gasteiger partial charge in [-0.3, -0.25) is 0 Å². The number of hydrogen-bond donors (Lipinski definition) is 0. The molecule has 64 valence electrons. The van der Waals surface area contributed by atoms with E-state index in [0.717, 1.165) is 21.5 Å². The van der Waals surface area contributed by atoms with Crippen LogP contribution in [0.1, 0.15) is 18.9 Å². The zero-order chi connectivity index (χ0) is 8.97. The SMILES string of the molecule is CC/C=C(\Cl)c1ccc(Br)cc1. The Morgan fingerprint density at radius 1 is 1.42 bits per heavy atom. The number of benzene rings is 1. The lowest BCUT2D eigenvalue weighted by atomic mass is 10.2. The maximum atomic E-state index is 6.00. The summed E-state index contributed by atoms with van der Waals surface area (Å²) in [7, 11) is 0. The Kier molecular flexibility index (Phi) is 3.83. The molecule has 0 heterocycles. The zero-order valence-corrected chi connectivity index (χ0v) is 9.19. The molecule has 0 N–H and O–H groups in total. The van der Waals surface area contributed by atoms with E-state index in [9.17, 15) is 0 Å². The molecule has 0 fully saturated rings. The van der Waals surface area contributed by atoms with Crippen LogP contribution in [0.15, 0.2) is 34.8 Å². The third kappa shape index (κ3) is 2.65. The first-order valence-corrected chi connectivity index (χ1v) is 5.02. The highest BCUT2D eigenvalue weighted by Gasteiger charge is 1.95. The zero-order valence-electron chi connectivity index (χ0n) is 6.85. The summed E-state index contributed by atoms with van der Waals surface area (Å²) in [6.45, 7) is 2.07. The molecule has 1 aromatic carbocycles. The molecular formula is C10H10BrCl. The Labute approximate surface area is 86.4 Å². The lowest BCUT2D eigenvalue weighted by Crippen LogP contribution is -1.75. The molecule has 1 rings (SSSR count). The second-order valence-electron chi connectivity index (χ2n) is 2.47. The van der Waals surface area contributed by atoms with Gasteiger partial charge in [0.05, 0.1) is 0 Å². The lowest BCUT2D eigenvalue weighted by molar-refractivity contribution is 1.23.